The van der Waals surface area contributed by atoms with Gasteiger partial charge in [0.1, 0.15) is 5.82 Å². The summed E-state index contributed by atoms with van der Waals surface area (Å²) in [5, 5.41) is -0.0306. The summed E-state index contributed by atoms with van der Waals surface area (Å²) in [5.74, 6) is 0.785. The van der Waals surface area contributed by atoms with Crippen molar-refractivity contribution in [3.63, 3.8) is 0 Å². The van der Waals surface area contributed by atoms with Crippen LogP contribution < -0.4 is 0 Å². The lowest BCUT2D eigenvalue weighted by atomic mass is 10.1. The molecule has 4 nitrogen and oxygen atoms in total. The third-order valence-electron chi connectivity index (χ3n) is 3.16. The molecule has 19 heavy (non-hydrogen) atoms. The van der Waals surface area contributed by atoms with E-state index in [9.17, 15) is 8.42 Å². The van der Waals surface area contributed by atoms with Crippen molar-refractivity contribution < 1.29 is 8.42 Å². The molecule has 0 aliphatic heterocycles. The summed E-state index contributed by atoms with van der Waals surface area (Å²) < 4.78 is 24.4. The van der Waals surface area contributed by atoms with Crippen LogP contribution in [-0.2, 0) is 22.0 Å². The second-order valence-corrected chi connectivity index (χ2v) is 7.26. The fourth-order valence-electron chi connectivity index (χ4n) is 2.08. The van der Waals surface area contributed by atoms with Gasteiger partial charge in [0.05, 0.1) is 0 Å². The lowest BCUT2D eigenvalue weighted by molar-refractivity contribution is 0.547. The van der Waals surface area contributed by atoms with Gasteiger partial charge in [0, 0.05) is 29.8 Å². The lowest BCUT2D eigenvalue weighted by Crippen LogP contribution is -2.01. The molecule has 1 aromatic heterocycles. The van der Waals surface area contributed by atoms with Crippen molar-refractivity contribution in [2.24, 2.45) is 0 Å². The highest BCUT2D eigenvalue weighted by molar-refractivity contribution is 8.13. The van der Waals surface area contributed by atoms with Crippen LogP contribution >= 0.6 is 10.7 Å². The lowest BCUT2D eigenvalue weighted by Gasteiger charge is -2.05. The molecule has 0 unspecified atom stereocenters. The first-order valence-electron chi connectivity index (χ1n) is 6.99. The maximum absolute atomic E-state index is 11.3. The van der Waals surface area contributed by atoms with E-state index in [0.717, 1.165) is 18.8 Å². The van der Waals surface area contributed by atoms with Crippen LogP contribution in [0.1, 0.15) is 58.2 Å². The van der Waals surface area contributed by atoms with Gasteiger partial charge in [-0.3, -0.25) is 0 Å². The number of aromatic nitrogens is 2. The van der Waals surface area contributed by atoms with Gasteiger partial charge >= 0.3 is 0 Å². The molecule has 0 aliphatic rings. The van der Waals surface area contributed by atoms with Crippen LogP contribution in [0.4, 0.5) is 0 Å². The standard InChI is InChI=1S/C13H23ClN2O2S/c1-3-5-6-7-8-9-10-16-11-13(19(14,17)18)15-12(16)4-2/h11H,3-10H2,1-2H3. The Hall–Kier alpha value is -0.550. The first kappa shape index (κ1) is 16.5. The Balaban J connectivity index is 2.51. The highest BCUT2D eigenvalue weighted by Gasteiger charge is 2.16. The zero-order valence-electron chi connectivity index (χ0n) is 11.7. The van der Waals surface area contributed by atoms with E-state index >= 15 is 0 Å². The van der Waals surface area contributed by atoms with Crippen LogP contribution in [0.2, 0.25) is 0 Å². The molecule has 1 aromatic rings. The zero-order chi connectivity index (χ0) is 14.3. The van der Waals surface area contributed by atoms with Crippen LogP contribution in [0.15, 0.2) is 11.2 Å². The zero-order valence-corrected chi connectivity index (χ0v) is 13.3. The van der Waals surface area contributed by atoms with E-state index in [1.165, 1.54) is 32.1 Å². The number of halogens is 1. The molecule has 0 bridgehead atoms. The van der Waals surface area contributed by atoms with Gasteiger partial charge in [-0.25, -0.2) is 13.4 Å². The summed E-state index contributed by atoms with van der Waals surface area (Å²) in [6.45, 7) is 4.98. The molecule has 0 aromatic carbocycles. The van der Waals surface area contributed by atoms with E-state index in [1.54, 1.807) is 6.20 Å². The number of rotatable bonds is 9. The van der Waals surface area contributed by atoms with E-state index in [-0.39, 0.29) is 5.03 Å². The molecular formula is C13H23ClN2O2S. The van der Waals surface area contributed by atoms with Gasteiger partial charge in [-0.05, 0) is 6.42 Å². The average molecular weight is 307 g/mol. The number of hydrogen-bond acceptors (Lipinski definition) is 3. The quantitative estimate of drug-likeness (QED) is 0.516. The molecule has 0 fully saturated rings. The van der Waals surface area contributed by atoms with Crippen LogP contribution in [0, 0.1) is 0 Å². The number of nitrogens with zero attached hydrogens (tertiary/aromatic N) is 2. The van der Waals surface area contributed by atoms with E-state index in [4.69, 9.17) is 10.7 Å². The van der Waals surface area contributed by atoms with Gasteiger partial charge in [0.25, 0.3) is 9.05 Å². The van der Waals surface area contributed by atoms with E-state index < -0.39 is 9.05 Å². The predicted octanol–water partition coefficient (Wildman–Crippen LogP) is 3.73. The summed E-state index contributed by atoms with van der Waals surface area (Å²) in [5.41, 5.74) is 0. The molecule has 0 radical (unpaired) electrons. The Kier molecular flexibility index (Phi) is 6.86. The van der Waals surface area contributed by atoms with Crippen molar-refractivity contribution in [1.82, 2.24) is 9.55 Å². The van der Waals surface area contributed by atoms with Crippen LogP contribution in [0.3, 0.4) is 0 Å². The molecule has 6 heteroatoms. The SMILES string of the molecule is CCCCCCCCn1cc(S(=O)(=O)Cl)nc1CC. The minimum absolute atomic E-state index is 0.0306. The topological polar surface area (TPSA) is 52.0 Å². The maximum Gasteiger partial charge on any atom is 0.280 e. The minimum atomic E-state index is -3.72. The van der Waals surface area contributed by atoms with Crippen molar-refractivity contribution in [2.75, 3.05) is 0 Å². The van der Waals surface area contributed by atoms with Gasteiger partial charge in [0.2, 0.25) is 0 Å². The van der Waals surface area contributed by atoms with Gasteiger partial charge in [0.15, 0.2) is 5.03 Å². The van der Waals surface area contributed by atoms with Gasteiger partial charge in [-0.15, -0.1) is 0 Å². The summed E-state index contributed by atoms with van der Waals surface area (Å²) in [7, 11) is 1.60. The van der Waals surface area contributed by atoms with Crippen molar-refractivity contribution in [2.45, 2.75) is 70.4 Å². The Bertz CT molecular complexity index is 483. The third kappa shape index (κ3) is 5.53. The number of imidazole rings is 1. The Morgan fingerprint density at radius 1 is 1.16 bits per heavy atom. The Labute approximate surface area is 120 Å². The second kappa shape index (κ2) is 7.90. The van der Waals surface area contributed by atoms with E-state index in [1.807, 2.05) is 11.5 Å². The van der Waals surface area contributed by atoms with Gasteiger partial charge in [-0.1, -0.05) is 46.0 Å². The van der Waals surface area contributed by atoms with Crippen molar-refractivity contribution in [3.05, 3.63) is 12.0 Å². The number of hydrogen-bond donors (Lipinski definition) is 0. The highest BCUT2D eigenvalue weighted by Crippen LogP contribution is 2.16. The van der Waals surface area contributed by atoms with Crippen molar-refractivity contribution >= 4 is 19.7 Å². The fraction of sp³-hybridized carbons (Fsp3) is 0.769. The number of aryl methyl sites for hydroxylation is 2. The minimum Gasteiger partial charge on any atom is -0.334 e. The first-order valence-corrected chi connectivity index (χ1v) is 9.30. The third-order valence-corrected chi connectivity index (χ3v) is 4.33. The first-order chi connectivity index (χ1) is 8.99. The van der Waals surface area contributed by atoms with Crippen LogP contribution in [0.5, 0.6) is 0 Å². The predicted molar refractivity (Wildman–Crippen MR) is 78.0 cm³/mol. The summed E-state index contributed by atoms with van der Waals surface area (Å²) in [6, 6.07) is 0. The largest absolute Gasteiger partial charge is 0.334 e. The number of unbranched alkanes of at least 4 members (excludes halogenated alkanes) is 5. The molecule has 110 valence electrons. The fourth-order valence-corrected chi connectivity index (χ4v) is 2.77. The second-order valence-electron chi connectivity index (χ2n) is 4.75. The Morgan fingerprint density at radius 2 is 1.79 bits per heavy atom. The van der Waals surface area contributed by atoms with E-state index in [2.05, 4.69) is 11.9 Å². The smallest absolute Gasteiger partial charge is 0.280 e. The van der Waals surface area contributed by atoms with E-state index in [0.29, 0.717) is 6.42 Å². The van der Waals surface area contributed by atoms with Crippen LogP contribution in [-0.4, -0.2) is 18.0 Å². The van der Waals surface area contributed by atoms with Crippen molar-refractivity contribution in [1.29, 1.82) is 0 Å². The highest BCUT2D eigenvalue weighted by atomic mass is 35.7. The molecule has 0 aliphatic carbocycles. The summed E-state index contributed by atoms with van der Waals surface area (Å²) >= 11 is 0. The maximum atomic E-state index is 11.3. The van der Waals surface area contributed by atoms with Gasteiger partial charge < -0.3 is 4.57 Å². The van der Waals surface area contributed by atoms with Gasteiger partial charge in [-0.2, -0.15) is 0 Å². The molecule has 0 atom stereocenters. The molecule has 0 saturated heterocycles. The molecule has 0 spiro atoms. The molecule has 0 N–H and O–H groups in total. The van der Waals surface area contributed by atoms with Crippen LogP contribution in [0.25, 0.3) is 0 Å². The molecule has 1 heterocycles. The Morgan fingerprint density at radius 3 is 2.37 bits per heavy atom. The molecule has 0 saturated carbocycles. The molecule has 1 rings (SSSR count). The molecule has 0 amide bonds. The summed E-state index contributed by atoms with van der Waals surface area (Å²) in [6.07, 6.45) is 9.54. The monoisotopic (exact) mass is 306 g/mol. The normalized spacial score (nSPS) is 11.9. The van der Waals surface area contributed by atoms with Crippen molar-refractivity contribution in [3.8, 4) is 0 Å². The molecular weight excluding hydrogens is 284 g/mol. The summed E-state index contributed by atoms with van der Waals surface area (Å²) in [4.78, 5) is 4.07. The average Bonchev–Trinajstić information content (AvgIpc) is 2.76.